The number of furan rings is 1. The Balaban J connectivity index is 1.45. The van der Waals surface area contributed by atoms with Gasteiger partial charge in [-0.2, -0.15) is 0 Å². The summed E-state index contributed by atoms with van der Waals surface area (Å²) >= 11 is 5.47. The summed E-state index contributed by atoms with van der Waals surface area (Å²) in [6, 6.07) is 22.8. The highest BCUT2D eigenvalue weighted by molar-refractivity contribution is 7.80. The summed E-state index contributed by atoms with van der Waals surface area (Å²) < 4.78 is 11.3. The number of anilines is 1. The molecule has 0 aliphatic rings. The molecule has 4 aromatic rings. The zero-order valence-corrected chi connectivity index (χ0v) is 18.5. The lowest BCUT2D eigenvalue weighted by Crippen LogP contribution is -2.30. The number of amides is 1. The second kappa shape index (κ2) is 9.11. The van der Waals surface area contributed by atoms with Crippen molar-refractivity contribution in [3.63, 3.8) is 0 Å². The van der Waals surface area contributed by atoms with Gasteiger partial charge in [-0.1, -0.05) is 42.5 Å². The zero-order chi connectivity index (χ0) is 22.7. The van der Waals surface area contributed by atoms with E-state index in [9.17, 15) is 4.79 Å². The molecule has 1 heterocycles. The Morgan fingerprint density at radius 3 is 2.50 bits per heavy atom. The fourth-order valence-electron chi connectivity index (χ4n) is 3.56. The van der Waals surface area contributed by atoms with Gasteiger partial charge in [0.2, 0.25) is 0 Å². The molecular formula is C25H23N3O3S. The molecule has 0 saturated heterocycles. The molecule has 4 N–H and O–H groups in total. The molecule has 1 amide bonds. The van der Waals surface area contributed by atoms with E-state index in [0.717, 1.165) is 33.5 Å². The van der Waals surface area contributed by atoms with Gasteiger partial charge in [0.15, 0.2) is 5.11 Å². The second-order valence-corrected chi connectivity index (χ2v) is 7.74. The maximum Gasteiger partial charge on any atom is 0.252 e. The standard InChI is InChI=1S/C25H23N3O3S/c1-15(22-14-17-6-3-4-9-21(17)31-22)27-25(32)28-18-12-10-16(11-13-18)19-7-5-8-20(24(26)29)23(19)30-2/h3-15H,1-2H3,(H2,26,29)(H2,27,28,32). The van der Waals surface area contributed by atoms with Crippen LogP contribution in [-0.2, 0) is 0 Å². The molecule has 0 fully saturated rings. The van der Waals surface area contributed by atoms with Crippen molar-refractivity contribution in [3.8, 4) is 16.9 Å². The highest BCUT2D eigenvalue weighted by Gasteiger charge is 2.15. The number of nitrogens with two attached hydrogens (primary N) is 1. The number of nitrogens with one attached hydrogen (secondary N) is 2. The van der Waals surface area contributed by atoms with Crippen LogP contribution >= 0.6 is 12.2 Å². The van der Waals surface area contributed by atoms with Crippen LogP contribution in [0.4, 0.5) is 5.69 Å². The molecule has 0 bridgehead atoms. The Kier molecular flexibility index (Phi) is 6.09. The minimum Gasteiger partial charge on any atom is -0.495 e. The van der Waals surface area contributed by atoms with Gasteiger partial charge < -0.3 is 25.5 Å². The van der Waals surface area contributed by atoms with Crippen molar-refractivity contribution in [2.75, 3.05) is 12.4 Å². The van der Waals surface area contributed by atoms with Crippen LogP contribution in [0, 0.1) is 0 Å². The molecule has 0 spiro atoms. The average Bonchev–Trinajstić information content (AvgIpc) is 3.23. The predicted molar refractivity (Wildman–Crippen MR) is 131 cm³/mol. The number of carbonyl (C=O) groups is 1. The van der Waals surface area contributed by atoms with Crippen molar-refractivity contribution < 1.29 is 13.9 Å². The average molecular weight is 446 g/mol. The summed E-state index contributed by atoms with van der Waals surface area (Å²) in [4.78, 5) is 11.7. The summed E-state index contributed by atoms with van der Waals surface area (Å²) in [6.45, 7) is 1.99. The van der Waals surface area contributed by atoms with Crippen LogP contribution < -0.4 is 21.1 Å². The molecule has 1 unspecified atom stereocenters. The van der Waals surface area contributed by atoms with Crippen molar-refractivity contribution >= 4 is 39.9 Å². The molecule has 0 aliphatic heterocycles. The van der Waals surface area contributed by atoms with E-state index in [1.54, 1.807) is 12.1 Å². The fourth-order valence-corrected chi connectivity index (χ4v) is 3.86. The first-order valence-electron chi connectivity index (χ1n) is 10.1. The Labute approximate surface area is 191 Å². The number of carbonyl (C=O) groups excluding carboxylic acids is 1. The van der Waals surface area contributed by atoms with Crippen LogP contribution in [0.25, 0.3) is 22.1 Å². The number of fused-ring (bicyclic) bond motifs is 1. The first-order chi connectivity index (χ1) is 15.5. The lowest BCUT2D eigenvalue weighted by Gasteiger charge is -2.16. The van der Waals surface area contributed by atoms with Gasteiger partial charge in [0, 0.05) is 16.6 Å². The van der Waals surface area contributed by atoms with E-state index in [-0.39, 0.29) is 6.04 Å². The molecule has 6 nitrogen and oxygen atoms in total. The van der Waals surface area contributed by atoms with Gasteiger partial charge in [-0.3, -0.25) is 4.79 Å². The maximum atomic E-state index is 11.7. The van der Waals surface area contributed by atoms with E-state index in [0.29, 0.717) is 16.4 Å². The van der Waals surface area contributed by atoms with Gasteiger partial charge in [0.05, 0.1) is 18.7 Å². The Morgan fingerprint density at radius 2 is 1.81 bits per heavy atom. The van der Waals surface area contributed by atoms with Gasteiger partial charge >= 0.3 is 0 Å². The number of para-hydroxylation sites is 2. The van der Waals surface area contributed by atoms with Crippen LogP contribution in [0.5, 0.6) is 5.75 Å². The topological polar surface area (TPSA) is 89.5 Å². The predicted octanol–water partition coefficient (Wildman–Crippen LogP) is 5.25. The number of rotatable bonds is 6. The van der Waals surface area contributed by atoms with Crippen molar-refractivity contribution in [1.29, 1.82) is 0 Å². The number of primary amides is 1. The minimum atomic E-state index is -0.531. The summed E-state index contributed by atoms with van der Waals surface area (Å²) in [6.07, 6.45) is 0. The fraction of sp³-hybridized carbons (Fsp3) is 0.120. The Bertz CT molecular complexity index is 1250. The second-order valence-electron chi connectivity index (χ2n) is 7.33. The molecule has 0 aliphatic carbocycles. The van der Waals surface area contributed by atoms with Crippen molar-refractivity contribution in [1.82, 2.24) is 5.32 Å². The van der Waals surface area contributed by atoms with Crippen molar-refractivity contribution in [2.24, 2.45) is 5.73 Å². The number of ether oxygens (including phenoxy) is 1. The van der Waals surface area contributed by atoms with Crippen LogP contribution in [0.2, 0.25) is 0 Å². The SMILES string of the molecule is COc1c(C(N)=O)cccc1-c1ccc(NC(=S)NC(C)c2cc3ccccc3o2)cc1. The van der Waals surface area contributed by atoms with E-state index in [1.165, 1.54) is 7.11 Å². The molecule has 1 atom stereocenters. The first-order valence-corrected chi connectivity index (χ1v) is 10.5. The molecule has 0 radical (unpaired) electrons. The van der Waals surface area contributed by atoms with Gasteiger partial charge in [-0.15, -0.1) is 0 Å². The normalized spacial score (nSPS) is 11.7. The molecule has 7 heteroatoms. The number of methoxy groups -OCH3 is 1. The van der Waals surface area contributed by atoms with E-state index >= 15 is 0 Å². The van der Waals surface area contributed by atoms with Crippen LogP contribution in [0.1, 0.15) is 29.1 Å². The zero-order valence-electron chi connectivity index (χ0n) is 17.7. The van der Waals surface area contributed by atoms with Crippen LogP contribution in [0.3, 0.4) is 0 Å². The third kappa shape index (κ3) is 4.43. The third-order valence-corrected chi connectivity index (χ3v) is 5.38. The minimum absolute atomic E-state index is 0.0949. The van der Waals surface area contributed by atoms with E-state index in [4.69, 9.17) is 27.1 Å². The number of hydrogen-bond acceptors (Lipinski definition) is 4. The quantitative estimate of drug-likeness (QED) is 0.351. The number of benzene rings is 3. The third-order valence-electron chi connectivity index (χ3n) is 5.16. The molecule has 4 rings (SSSR count). The maximum absolute atomic E-state index is 11.7. The van der Waals surface area contributed by atoms with Gasteiger partial charge in [-0.25, -0.2) is 0 Å². The largest absolute Gasteiger partial charge is 0.495 e. The molecule has 32 heavy (non-hydrogen) atoms. The summed E-state index contributed by atoms with van der Waals surface area (Å²) in [7, 11) is 1.52. The van der Waals surface area contributed by atoms with Crippen molar-refractivity contribution in [2.45, 2.75) is 13.0 Å². The molecule has 1 aromatic heterocycles. The van der Waals surface area contributed by atoms with E-state index in [1.807, 2.05) is 67.6 Å². The lowest BCUT2D eigenvalue weighted by atomic mass is 10.0. The van der Waals surface area contributed by atoms with Crippen molar-refractivity contribution in [3.05, 3.63) is 84.1 Å². The van der Waals surface area contributed by atoms with E-state index < -0.39 is 5.91 Å². The Hall–Kier alpha value is -3.84. The first kappa shape index (κ1) is 21.4. The number of thiocarbonyl (C=S) groups is 1. The molecule has 162 valence electrons. The highest BCUT2D eigenvalue weighted by Crippen LogP contribution is 2.33. The summed E-state index contributed by atoms with van der Waals surface area (Å²) in [5.74, 6) is 0.738. The van der Waals surface area contributed by atoms with Gasteiger partial charge in [0.25, 0.3) is 5.91 Å². The molecular weight excluding hydrogens is 422 g/mol. The van der Waals surface area contributed by atoms with E-state index in [2.05, 4.69) is 10.6 Å². The van der Waals surface area contributed by atoms with Crippen LogP contribution in [0.15, 0.2) is 77.2 Å². The summed E-state index contributed by atoms with van der Waals surface area (Å²) in [5.41, 5.74) is 9.16. The number of hydrogen-bond donors (Lipinski definition) is 3. The lowest BCUT2D eigenvalue weighted by molar-refractivity contribution is 0.0997. The Morgan fingerprint density at radius 1 is 1.06 bits per heavy atom. The smallest absolute Gasteiger partial charge is 0.252 e. The summed E-state index contributed by atoms with van der Waals surface area (Å²) in [5, 5.41) is 7.97. The molecule has 3 aromatic carbocycles. The van der Waals surface area contributed by atoms with Gasteiger partial charge in [0.1, 0.15) is 17.1 Å². The van der Waals surface area contributed by atoms with Crippen LogP contribution in [-0.4, -0.2) is 18.1 Å². The highest BCUT2D eigenvalue weighted by atomic mass is 32.1. The van der Waals surface area contributed by atoms with Gasteiger partial charge in [-0.05, 0) is 55.0 Å². The monoisotopic (exact) mass is 445 g/mol. The molecule has 0 saturated carbocycles.